The second-order valence-corrected chi connectivity index (χ2v) is 12.7. The van der Waals surface area contributed by atoms with E-state index >= 15 is 0 Å². The number of ketones is 1. The minimum atomic E-state index is -4.66. The van der Waals surface area contributed by atoms with E-state index < -0.39 is 22.6 Å². The average molecular weight is 495 g/mol. The Kier molecular flexibility index (Phi) is 8.56. The van der Waals surface area contributed by atoms with Gasteiger partial charge in [-0.1, -0.05) is 20.8 Å². The molecule has 7 nitrogen and oxygen atoms in total. The summed E-state index contributed by atoms with van der Waals surface area (Å²) in [5, 5.41) is 22.8. The largest absolute Gasteiger partial charge is 1.00 e. The number of aliphatic hydroxyl groups is 2. The predicted molar refractivity (Wildman–Crippen MR) is 117 cm³/mol. The second-order valence-electron chi connectivity index (χ2n) is 11.7. The fourth-order valence-corrected chi connectivity index (χ4v) is 9.03. The van der Waals surface area contributed by atoms with Crippen molar-refractivity contribution < 1.29 is 61.7 Å². The Balaban J connectivity index is 0.00000306. The molecule has 4 saturated carbocycles. The zero-order chi connectivity index (χ0) is 23.5. The van der Waals surface area contributed by atoms with E-state index in [0.717, 1.165) is 25.7 Å². The van der Waals surface area contributed by atoms with Crippen molar-refractivity contribution in [2.45, 2.75) is 90.8 Å². The Morgan fingerprint density at radius 3 is 2.55 bits per heavy atom. The zero-order valence-electron chi connectivity index (χ0n) is 20.5. The van der Waals surface area contributed by atoms with Gasteiger partial charge in [0.05, 0.1) is 18.8 Å². The van der Waals surface area contributed by atoms with Crippen LogP contribution in [-0.2, 0) is 19.4 Å². The van der Waals surface area contributed by atoms with Gasteiger partial charge in [-0.25, -0.2) is 8.42 Å². The first kappa shape index (κ1) is 28.0. The molecule has 10 atom stereocenters. The Hall–Kier alpha value is 0.460. The summed E-state index contributed by atoms with van der Waals surface area (Å²) in [7, 11) is -4.66. The molecule has 4 rings (SSSR count). The van der Waals surface area contributed by atoms with Crippen molar-refractivity contribution in [2.24, 2.45) is 46.3 Å². The van der Waals surface area contributed by atoms with E-state index in [9.17, 15) is 28.0 Å². The third kappa shape index (κ3) is 5.02. The summed E-state index contributed by atoms with van der Waals surface area (Å²) in [5.41, 5.74) is -0.286. The van der Waals surface area contributed by atoms with Gasteiger partial charge in [0.1, 0.15) is 5.78 Å². The Morgan fingerprint density at radius 2 is 1.88 bits per heavy atom. The molecule has 0 saturated heterocycles. The van der Waals surface area contributed by atoms with Crippen LogP contribution in [-0.4, -0.2) is 47.8 Å². The number of carbonyl (C=O) groups is 1. The first-order valence-corrected chi connectivity index (χ1v) is 13.7. The Morgan fingerprint density at radius 1 is 1.18 bits per heavy atom. The SMILES string of the molecule is C[C@H](CCCOS(=O)(=O)[O-])[C@H]1CC[C@H]2[C@@H]3[C@H](O)C[C@@H]4CC(=O)CC[C@]4(C)[C@H]3C[C@H](O)[C@]12C.[Na+]. The summed E-state index contributed by atoms with van der Waals surface area (Å²) in [5.74, 6) is 1.69. The van der Waals surface area contributed by atoms with Crippen molar-refractivity contribution in [2.75, 3.05) is 6.61 Å². The summed E-state index contributed by atoms with van der Waals surface area (Å²) < 4.78 is 36.4. The topological polar surface area (TPSA) is 124 Å². The molecule has 0 aromatic rings. The van der Waals surface area contributed by atoms with E-state index in [1.165, 1.54) is 0 Å². The molecule has 0 bridgehead atoms. The number of rotatable bonds is 6. The molecular weight excluding hydrogens is 455 g/mol. The quantitative estimate of drug-likeness (QED) is 0.231. The first-order valence-electron chi connectivity index (χ1n) is 12.4. The number of carbonyl (C=O) groups excluding carboxylic acids is 1. The normalized spacial score (nSPS) is 46.0. The molecule has 4 aliphatic rings. The fraction of sp³-hybridized carbons (Fsp3) is 0.958. The standard InChI is InChI=1S/C24H40O7S.Na/c1-14(5-4-10-31-32(28,29)30)17-6-7-18-22-19(13-21(27)24(17,18)3)23(2)9-8-16(25)11-15(23)12-20(22)26;/h14-15,17-22,26-27H,4-13H2,1-3H3,(H,28,29,30);/q;+1/p-1/t14-,15+,17-,18+,19+,20-,21+,22+,23+,24-;/m1./s1. The van der Waals surface area contributed by atoms with Gasteiger partial charge < -0.3 is 14.8 Å². The van der Waals surface area contributed by atoms with Gasteiger partial charge >= 0.3 is 29.6 Å². The van der Waals surface area contributed by atoms with Crippen LogP contribution in [0.1, 0.15) is 78.6 Å². The fourth-order valence-electron chi connectivity index (χ4n) is 8.71. The molecule has 0 aromatic carbocycles. The van der Waals surface area contributed by atoms with Crippen LogP contribution >= 0.6 is 0 Å². The minimum absolute atomic E-state index is 0. The maximum absolute atomic E-state index is 12.1. The summed E-state index contributed by atoms with van der Waals surface area (Å²) in [6, 6.07) is 0. The van der Waals surface area contributed by atoms with Crippen molar-refractivity contribution in [1.82, 2.24) is 0 Å². The van der Waals surface area contributed by atoms with Crippen LogP contribution in [0.25, 0.3) is 0 Å². The number of fused-ring (bicyclic) bond motifs is 5. The van der Waals surface area contributed by atoms with E-state index in [-0.39, 0.29) is 82.5 Å². The third-order valence-corrected chi connectivity index (χ3v) is 10.9. The molecule has 0 aliphatic heterocycles. The zero-order valence-corrected chi connectivity index (χ0v) is 23.4. The third-order valence-electron chi connectivity index (χ3n) is 10.4. The van der Waals surface area contributed by atoms with E-state index in [0.29, 0.717) is 37.9 Å². The van der Waals surface area contributed by atoms with Crippen molar-refractivity contribution in [3.8, 4) is 0 Å². The maximum Gasteiger partial charge on any atom is 1.00 e. The number of Topliss-reactive ketones (excluding diaryl/α,β-unsaturated/α-hetero) is 1. The van der Waals surface area contributed by atoms with Crippen LogP contribution in [0.4, 0.5) is 0 Å². The van der Waals surface area contributed by atoms with E-state index in [2.05, 4.69) is 25.0 Å². The monoisotopic (exact) mass is 494 g/mol. The molecule has 0 amide bonds. The second kappa shape index (κ2) is 10.1. The molecule has 0 heterocycles. The van der Waals surface area contributed by atoms with Crippen molar-refractivity contribution >= 4 is 16.2 Å². The van der Waals surface area contributed by atoms with Gasteiger partial charge in [0.25, 0.3) is 0 Å². The number of hydrogen-bond acceptors (Lipinski definition) is 7. The van der Waals surface area contributed by atoms with Crippen molar-refractivity contribution in [3.63, 3.8) is 0 Å². The van der Waals surface area contributed by atoms with Gasteiger partial charge in [-0.15, -0.1) is 0 Å². The Bertz CT molecular complexity index is 835. The molecule has 0 spiro atoms. The van der Waals surface area contributed by atoms with Crippen LogP contribution < -0.4 is 29.6 Å². The van der Waals surface area contributed by atoms with Crippen molar-refractivity contribution in [3.05, 3.63) is 0 Å². The van der Waals surface area contributed by atoms with Crippen molar-refractivity contribution in [1.29, 1.82) is 0 Å². The Labute approximate surface area is 220 Å². The number of hydrogen-bond donors (Lipinski definition) is 2. The van der Waals surface area contributed by atoms with Gasteiger partial charge in [-0.05, 0) is 91.3 Å². The van der Waals surface area contributed by atoms with Gasteiger partial charge in [0.15, 0.2) is 0 Å². The van der Waals surface area contributed by atoms with Crippen LogP contribution in [0.2, 0.25) is 0 Å². The van der Waals surface area contributed by atoms with Crippen LogP contribution in [0.15, 0.2) is 0 Å². The number of aliphatic hydroxyl groups excluding tert-OH is 2. The summed E-state index contributed by atoms with van der Waals surface area (Å²) in [6.07, 6.45) is 5.70. The predicted octanol–water partition coefficient (Wildman–Crippen LogP) is 0.0531. The molecule has 0 unspecified atom stereocenters. The summed E-state index contributed by atoms with van der Waals surface area (Å²) >= 11 is 0. The summed E-state index contributed by atoms with van der Waals surface area (Å²) in [6.45, 7) is 6.52. The summed E-state index contributed by atoms with van der Waals surface area (Å²) in [4.78, 5) is 12.1. The molecule has 4 fully saturated rings. The maximum atomic E-state index is 12.1. The van der Waals surface area contributed by atoms with E-state index in [1.54, 1.807) is 0 Å². The molecule has 0 radical (unpaired) electrons. The van der Waals surface area contributed by atoms with Gasteiger partial charge in [0.2, 0.25) is 10.4 Å². The van der Waals surface area contributed by atoms with Crippen LogP contribution in [0.3, 0.4) is 0 Å². The van der Waals surface area contributed by atoms with E-state index in [1.807, 2.05) is 0 Å². The van der Waals surface area contributed by atoms with Gasteiger partial charge in [-0.3, -0.25) is 8.98 Å². The molecule has 0 aromatic heterocycles. The molecule has 184 valence electrons. The molecular formula is C24H39NaO7S. The van der Waals surface area contributed by atoms with Gasteiger partial charge in [-0.2, -0.15) is 0 Å². The van der Waals surface area contributed by atoms with Crippen LogP contribution in [0, 0.1) is 46.3 Å². The van der Waals surface area contributed by atoms with Crippen LogP contribution in [0.5, 0.6) is 0 Å². The smallest absolute Gasteiger partial charge is 0.726 e. The first-order chi connectivity index (χ1) is 14.9. The average Bonchev–Trinajstić information content (AvgIpc) is 3.05. The molecule has 2 N–H and O–H groups in total. The van der Waals surface area contributed by atoms with Gasteiger partial charge in [0, 0.05) is 12.8 Å². The minimum Gasteiger partial charge on any atom is -0.726 e. The molecule has 9 heteroatoms. The molecule has 33 heavy (non-hydrogen) atoms. The molecule has 4 aliphatic carbocycles. The van der Waals surface area contributed by atoms with E-state index in [4.69, 9.17) is 0 Å².